The number of carboxylic acid groups (broad SMARTS) is 1. The molecule has 104 valence electrons. The van der Waals surface area contributed by atoms with E-state index in [1.165, 1.54) is 12.1 Å². The number of ether oxygens (including phenoxy) is 2. The van der Waals surface area contributed by atoms with Gasteiger partial charge in [0, 0.05) is 11.8 Å². The van der Waals surface area contributed by atoms with Gasteiger partial charge < -0.3 is 14.6 Å². The maximum atomic E-state index is 11.0. The Kier molecular flexibility index (Phi) is 4.20. The van der Waals surface area contributed by atoms with Gasteiger partial charge in [-0.25, -0.2) is 9.78 Å². The number of hydrogen-bond donors (Lipinski definition) is 1. The zero-order valence-electron chi connectivity index (χ0n) is 11.3. The smallest absolute Gasteiger partial charge is 0.335 e. The lowest BCUT2D eigenvalue weighted by Gasteiger charge is -2.08. The summed E-state index contributed by atoms with van der Waals surface area (Å²) in [5.41, 5.74) is 1.72. The lowest BCUT2D eigenvalue weighted by Crippen LogP contribution is -2.02. The molecule has 20 heavy (non-hydrogen) atoms. The van der Waals surface area contributed by atoms with Crippen molar-refractivity contribution in [2.24, 2.45) is 0 Å². The van der Waals surface area contributed by atoms with Crippen molar-refractivity contribution in [3.8, 4) is 11.6 Å². The molecule has 0 spiro atoms. The minimum Gasteiger partial charge on any atom is -0.497 e. The number of aryl methyl sites for hydroxylation is 1. The molecule has 0 atom stereocenters. The number of pyridine rings is 1. The van der Waals surface area contributed by atoms with Crippen molar-refractivity contribution in [3.63, 3.8) is 0 Å². The van der Waals surface area contributed by atoms with E-state index < -0.39 is 5.97 Å². The molecular weight excluding hydrogens is 258 g/mol. The Bertz CT molecular complexity index is 608. The first-order chi connectivity index (χ1) is 9.58. The predicted octanol–water partition coefficient (Wildman–Crippen LogP) is 2.68. The topological polar surface area (TPSA) is 68.7 Å². The lowest BCUT2D eigenvalue weighted by atomic mass is 10.2. The Morgan fingerprint density at radius 1 is 1.25 bits per heavy atom. The summed E-state index contributed by atoms with van der Waals surface area (Å²) >= 11 is 0. The molecular formula is C15H15NO4. The number of carbonyl (C=O) groups is 1. The van der Waals surface area contributed by atoms with Crippen molar-refractivity contribution in [2.45, 2.75) is 13.5 Å². The van der Waals surface area contributed by atoms with Crippen LogP contribution in [0.2, 0.25) is 0 Å². The monoisotopic (exact) mass is 273 g/mol. The second-order valence-electron chi connectivity index (χ2n) is 4.28. The van der Waals surface area contributed by atoms with E-state index in [-0.39, 0.29) is 5.56 Å². The Balaban J connectivity index is 2.08. The highest BCUT2D eigenvalue weighted by Crippen LogP contribution is 2.16. The number of benzene rings is 1. The van der Waals surface area contributed by atoms with Crippen molar-refractivity contribution < 1.29 is 19.4 Å². The fourth-order valence-electron chi connectivity index (χ4n) is 1.71. The molecule has 0 fully saturated rings. The zero-order valence-corrected chi connectivity index (χ0v) is 11.3. The molecule has 5 nitrogen and oxygen atoms in total. The van der Waals surface area contributed by atoms with Crippen molar-refractivity contribution in [1.29, 1.82) is 0 Å². The average molecular weight is 273 g/mol. The third-order valence-corrected chi connectivity index (χ3v) is 2.72. The number of aromatic carboxylic acids is 1. The summed E-state index contributed by atoms with van der Waals surface area (Å²) in [6.45, 7) is 2.05. The normalized spacial score (nSPS) is 10.1. The van der Waals surface area contributed by atoms with E-state index in [0.717, 1.165) is 11.3 Å². The lowest BCUT2D eigenvalue weighted by molar-refractivity contribution is 0.0696. The van der Waals surface area contributed by atoms with Gasteiger partial charge in [0.2, 0.25) is 5.88 Å². The molecule has 0 bridgehead atoms. The summed E-state index contributed by atoms with van der Waals surface area (Å²) in [6.07, 6.45) is 0. The summed E-state index contributed by atoms with van der Waals surface area (Å²) in [4.78, 5) is 15.1. The largest absolute Gasteiger partial charge is 0.497 e. The van der Waals surface area contributed by atoms with Gasteiger partial charge in [-0.1, -0.05) is 12.1 Å². The molecule has 0 aliphatic heterocycles. The van der Waals surface area contributed by atoms with Crippen LogP contribution in [0.3, 0.4) is 0 Å². The first-order valence-corrected chi connectivity index (χ1v) is 6.06. The van der Waals surface area contributed by atoms with E-state index >= 15 is 0 Å². The molecule has 0 aliphatic carbocycles. The minimum atomic E-state index is -0.996. The van der Waals surface area contributed by atoms with Crippen LogP contribution in [-0.2, 0) is 6.61 Å². The number of methoxy groups -OCH3 is 1. The van der Waals surface area contributed by atoms with Gasteiger partial charge in [0.1, 0.15) is 12.4 Å². The predicted molar refractivity (Wildman–Crippen MR) is 73.3 cm³/mol. The Labute approximate surface area is 116 Å². The van der Waals surface area contributed by atoms with Gasteiger partial charge in [0.15, 0.2) is 0 Å². The van der Waals surface area contributed by atoms with Crippen LogP contribution in [-0.4, -0.2) is 23.2 Å². The van der Waals surface area contributed by atoms with E-state index in [1.54, 1.807) is 14.0 Å². The molecule has 0 saturated carbocycles. The summed E-state index contributed by atoms with van der Waals surface area (Å²) in [5.74, 6) is 0.0820. The fourth-order valence-corrected chi connectivity index (χ4v) is 1.71. The summed E-state index contributed by atoms with van der Waals surface area (Å²) in [5, 5.41) is 8.98. The Hall–Kier alpha value is -2.56. The second-order valence-corrected chi connectivity index (χ2v) is 4.28. The highest BCUT2D eigenvalue weighted by molar-refractivity contribution is 5.87. The maximum Gasteiger partial charge on any atom is 0.335 e. The van der Waals surface area contributed by atoms with E-state index in [9.17, 15) is 4.79 Å². The molecule has 0 amide bonds. The first kappa shape index (κ1) is 13.9. The van der Waals surface area contributed by atoms with Crippen LogP contribution in [0, 0.1) is 6.92 Å². The van der Waals surface area contributed by atoms with E-state index in [0.29, 0.717) is 18.2 Å². The molecule has 0 aliphatic rings. The molecule has 0 radical (unpaired) electrons. The van der Waals surface area contributed by atoms with Gasteiger partial charge in [0.25, 0.3) is 0 Å². The summed E-state index contributed by atoms with van der Waals surface area (Å²) in [6, 6.07) is 10.4. The maximum absolute atomic E-state index is 11.0. The van der Waals surface area contributed by atoms with Crippen molar-refractivity contribution >= 4 is 5.97 Å². The van der Waals surface area contributed by atoms with E-state index in [1.807, 2.05) is 24.3 Å². The molecule has 1 heterocycles. The van der Waals surface area contributed by atoms with Gasteiger partial charge in [-0.05, 0) is 30.7 Å². The van der Waals surface area contributed by atoms with Crippen LogP contribution in [0.1, 0.15) is 21.6 Å². The molecule has 1 N–H and O–H groups in total. The second kappa shape index (κ2) is 6.06. The Morgan fingerprint density at radius 2 is 1.95 bits per heavy atom. The van der Waals surface area contributed by atoms with Crippen LogP contribution >= 0.6 is 0 Å². The molecule has 1 aromatic heterocycles. The number of nitrogens with zero attached hydrogens (tertiary/aromatic N) is 1. The van der Waals surface area contributed by atoms with Crippen LogP contribution < -0.4 is 9.47 Å². The van der Waals surface area contributed by atoms with Crippen molar-refractivity contribution in [1.82, 2.24) is 4.98 Å². The molecule has 1 aromatic carbocycles. The van der Waals surface area contributed by atoms with Gasteiger partial charge in [-0.2, -0.15) is 0 Å². The van der Waals surface area contributed by atoms with Crippen molar-refractivity contribution in [2.75, 3.05) is 7.11 Å². The van der Waals surface area contributed by atoms with Crippen molar-refractivity contribution in [3.05, 3.63) is 53.2 Å². The molecule has 0 unspecified atom stereocenters. The minimum absolute atomic E-state index is 0.169. The third-order valence-electron chi connectivity index (χ3n) is 2.72. The summed E-state index contributed by atoms with van der Waals surface area (Å²) in [7, 11) is 1.61. The highest BCUT2D eigenvalue weighted by atomic mass is 16.5. The van der Waals surface area contributed by atoms with Crippen LogP contribution in [0.15, 0.2) is 36.4 Å². The van der Waals surface area contributed by atoms with E-state index in [2.05, 4.69) is 4.98 Å². The number of rotatable bonds is 5. The first-order valence-electron chi connectivity index (χ1n) is 6.06. The van der Waals surface area contributed by atoms with Crippen LogP contribution in [0.4, 0.5) is 0 Å². The average Bonchev–Trinajstić information content (AvgIpc) is 2.45. The number of aromatic nitrogens is 1. The van der Waals surface area contributed by atoms with Crippen LogP contribution in [0.25, 0.3) is 0 Å². The molecule has 5 heteroatoms. The fraction of sp³-hybridized carbons (Fsp3) is 0.200. The zero-order chi connectivity index (χ0) is 14.5. The number of hydrogen-bond acceptors (Lipinski definition) is 4. The van der Waals surface area contributed by atoms with E-state index in [4.69, 9.17) is 14.6 Å². The summed E-state index contributed by atoms with van der Waals surface area (Å²) < 4.78 is 10.6. The molecule has 0 saturated heterocycles. The van der Waals surface area contributed by atoms with Gasteiger partial charge in [-0.15, -0.1) is 0 Å². The number of carboxylic acids is 1. The highest BCUT2D eigenvalue weighted by Gasteiger charge is 2.07. The van der Waals surface area contributed by atoms with Gasteiger partial charge >= 0.3 is 5.97 Å². The van der Waals surface area contributed by atoms with Crippen LogP contribution in [0.5, 0.6) is 11.6 Å². The van der Waals surface area contributed by atoms with Gasteiger partial charge in [-0.3, -0.25) is 0 Å². The Morgan fingerprint density at radius 3 is 2.55 bits per heavy atom. The molecule has 2 rings (SSSR count). The third kappa shape index (κ3) is 3.47. The van der Waals surface area contributed by atoms with Gasteiger partial charge in [0.05, 0.1) is 12.7 Å². The molecule has 2 aromatic rings. The SMILES string of the molecule is COc1ccc(COc2cc(C(=O)O)cc(C)n2)cc1. The quantitative estimate of drug-likeness (QED) is 0.907. The standard InChI is InChI=1S/C15H15NO4/c1-10-7-12(15(17)18)8-14(16-10)20-9-11-3-5-13(19-2)6-4-11/h3-8H,9H2,1-2H3,(H,17,18).